The van der Waals surface area contributed by atoms with E-state index in [4.69, 9.17) is 4.74 Å². The normalized spacial score (nSPS) is 14.4. The number of piperazine rings is 1. The van der Waals surface area contributed by atoms with Gasteiger partial charge < -0.3 is 19.9 Å². The molecular formula is C17H19FN4O2. The van der Waals surface area contributed by atoms with Crippen molar-refractivity contribution in [3.05, 3.63) is 48.5 Å². The predicted octanol–water partition coefficient (Wildman–Crippen LogP) is 2.58. The van der Waals surface area contributed by atoms with Gasteiger partial charge in [-0.2, -0.15) is 0 Å². The molecular weight excluding hydrogens is 311 g/mol. The van der Waals surface area contributed by atoms with Gasteiger partial charge >= 0.3 is 6.03 Å². The third kappa shape index (κ3) is 3.56. The van der Waals surface area contributed by atoms with Crippen LogP contribution in [0.15, 0.2) is 42.7 Å². The van der Waals surface area contributed by atoms with Crippen molar-refractivity contribution < 1.29 is 13.9 Å². The fraction of sp³-hybridized carbons (Fsp3) is 0.294. The summed E-state index contributed by atoms with van der Waals surface area (Å²) in [7, 11) is 1.44. The van der Waals surface area contributed by atoms with E-state index in [1.165, 1.54) is 25.3 Å². The monoisotopic (exact) mass is 330 g/mol. The number of rotatable bonds is 3. The highest BCUT2D eigenvalue weighted by atomic mass is 19.1. The van der Waals surface area contributed by atoms with Crippen LogP contribution >= 0.6 is 0 Å². The van der Waals surface area contributed by atoms with Crippen LogP contribution in [0.4, 0.5) is 20.6 Å². The average Bonchev–Trinajstić information content (AvgIpc) is 2.64. The molecule has 7 heteroatoms. The summed E-state index contributed by atoms with van der Waals surface area (Å²) in [5, 5.41) is 2.78. The Kier molecular flexibility index (Phi) is 4.79. The molecule has 0 saturated carbocycles. The maximum absolute atomic E-state index is 13.2. The number of pyridine rings is 1. The smallest absolute Gasteiger partial charge is 0.322 e. The molecule has 0 spiro atoms. The molecule has 0 unspecified atom stereocenters. The fourth-order valence-electron chi connectivity index (χ4n) is 2.69. The van der Waals surface area contributed by atoms with Crippen molar-refractivity contribution >= 4 is 17.4 Å². The minimum Gasteiger partial charge on any atom is -0.494 e. The van der Waals surface area contributed by atoms with Gasteiger partial charge in [0.15, 0.2) is 0 Å². The van der Waals surface area contributed by atoms with Gasteiger partial charge in [0.1, 0.15) is 11.6 Å². The molecule has 3 rings (SSSR count). The van der Waals surface area contributed by atoms with Crippen molar-refractivity contribution in [2.45, 2.75) is 0 Å². The van der Waals surface area contributed by atoms with Crippen LogP contribution in [0.5, 0.6) is 5.75 Å². The molecule has 1 N–H and O–H groups in total. The number of nitrogens with one attached hydrogen (secondary N) is 1. The van der Waals surface area contributed by atoms with E-state index in [1.54, 1.807) is 17.3 Å². The van der Waals surface area contributed by atoms with Crippen LogP contribution in [-0.4, -0.2) is 49.2 Å². The van der Waals surface area contributed by atoms with E-state index in [2.05, 4.69) is 15.2 Å². The van der Waals surface area contributed by atoms with Gasteiger partial charge in [0, 0.05) is 50.3 Å². The van der Waals surface area contributed by atoms with Crippen LogP contribution < -0.4 is 15.0 Å². The first-order valence-electron chi connectivity index (χ1n) is 7.72. The van der Waals surface area contributed by atoms with Gasteiger partial charge in [-0.3, -0.25) is 4.98 Å². The van der Waals surface area contributed by atoms with E-state index in [-0.39, 0.29) is 6.03 Å². The zero-order valence-electron chi connectivity index (χ0n) is 13.4. The molecule has 1 aromatic heterocycles. The first-order chi connectivity index (χ1) is 11.7. The SMILES string of the molecule is COc1cc(F)ccc1NC(=O)N1CCN(c2ccncc2)CC1. The number of hydrogen-bond donors (Lipinski definition) is 1. The van der Waals surface area contributed by atoms with E-state index >= 15 is 0 Å². The molecule has 1 saturated heterocycles. The van der Waals surface area contributed by atoms with Gasteiger partial charge in [-0.15, -0.1) is 0 Å². The number of hydrogen-bond acceptors (Lipinski definition) is 4. The predicted molar refractivity (Wildman–Crippen MR) is 90.0 cm³/mol. The second kappa shape index (κ2) is 7.16. The van der Waals surface area contributed by atoms with Gasteiger partial charge in [-0.05, 0) is 24.3 Å². The van der Waals surface area contributed by atoms with Crippen LogP contribution in [-0.2, 0) is 0 Å². The first-order valence-corrected chi connectivity index (χ1v) is 7.72. The molecule has 0 atom stereocenters. The van der Waals surface area contributed by atoms with Gasteiger partial charge in [-0.25, -0.2) is 9.18 Å². The Morgan fingerprint density at radius 2 is 1.88 bits per heavy atom. The Balaban J connectivity index is 1.60. The van der Waals surface area contributed by atoms with Crippen molar-refractivity contribution in [1.82, 2.24) is 9.88 Å². The molecule has 2 heterocycles. The number of amides is 2. The zero-order valence-corrected chi connectivity index (χ0v) is 13.4. The summed E-state index contributed by atoms with van der Waals surface area (Å²) in [4.78, 5) is 20.4. The topological polar surface area (TPSA) is 57.7 Å². The van der Waals surface area contributed by atoms with E-state index < -0.39 is 5.82 Å². The lowest BCUT2D eigenvalue weighted by Crippen LogP contribution is -2.50. The molecule has 2 amide bonds. The Labute approximate surface area is 139 Å². The number of ether oxygens (including phenoxy) is 1. The lowest BCUT2D eigenvalue weighted by atomic mass is 10.2. The van der Waals surface area contributed by atoms with Crippen molar-refractivity contribution in [1.29, 1.82) is 0 Å². The lowest BCUT2D eigenvalue weighted by molar-refractivity contribution is 0.208. The summed E-state index contributed by atoms with van der Waals surface area (Å²) in [6.45, 7) is 2.71. The molecule has 0 bridgehead atoms. The van der Waals surface area contributed by atoms with E-state index in [0.717, 1.165) is 18.8 Å². The van der Waals surface area contributed by atoms with E-state index in [0.29, 0.717) is 24.5 Å². The third-order valence-electron chi connectivity index (χ3n) is 4.00. The fourth-order valence-corrected chi connectivity index (χ4v) is 2.69. The summed E-state index contributed by atoms with van der Waals surface area (Å²) in [6.07, 6.45) is 3.52. The van der Waals surface area contributed by atoms with Crippen LogP contribution in [0.2, 0.25) is 0 Å². The van der Waals surface area contributed by atoms with Crippen molar-refractivity contribution in [3.63, 3.8) is 0 Å². The van der Waals surface area contributed by atoms with Crippen LogP contribution in [0.3, 0.4) is 0 Å². The number of benzene rings is 1. The maximum atomic E-state index is 13.2. The first kappa shape index (κ1) is 16.0. The molecule has 1 fully saturated rings. The Bertz CT molecular complexity index is 703. The number of carbonyl (C=O) groups excluding carboxylic acids is 1. The molecule has 1 aliphatic rings. The summed E-state index contributed by atoms with van der Waals surface area (Å²) in [5.41, 5.74) is 1.56. The molecule has 1 aliphatic heterocycles. The highest BCUT2D eigenvalue weighted by molar-refractivity contribution is 5.91. The number of carbonyl (C=O) groups is 1. The van der Waals surface area contributed by atoms with Gasteiger partial charge in [0.25, 0.3) is 0 Å². The average molecular weight is 330 g/mol. The van der Waals surface area contributed by atoms with Crippen molar-refractivity contribution in [2.75, 3.05) is 43.5 Å². The van der Waals surface area contributed by atoms with Gasteiger partial charge in [-0.1, -0.05) is 0 Å². The quantitative estimate of drug-likeness (QED) is 0.940. The van der Waals surface area contributed by atoms with E-state index in [1.807, 2.05) is 12.1 Å². The van der Waals surface area contributed by atoms with Crippen LogP contribution in [0, 0.1) is 5.82 Å². The molecule has 0 radical (unpaired) electrons. The molecule has 6 nitrogen and oxygen atoms in total. The number of methoxy groups -OCH3 is 1. The van der Waals surface area contributed by atoms with Crippen molar-refractivity contribution in [2.24, 2.45) is 0 Å². The van der Waals surface area contributed by atoms with Gasteiger partial charge in [0.05, 0.1) is 12.8 Å². The number of urea groups is 1. The highest BCUT2D eigenvalue weighted by Gasteiger charge is 2.22. The summed E-state index contributed by atoms with van der Waals surface area (Å²) in [6, 6.07) is 7.74. The summed E-state index contributed by atoms with van der Waals surface area (Å²) in [5.74, 6) is -0.102. The summed E-state index contributed by atoms with van der Waals surface area (Å²) >= 11 is 0. The van der Waals surface area contributed by atoms with Gasteiger partial charge in [0.2, 0.25) is 0 Å². The second-order valence-electron chi connectivity index (χ2n) is 5.45. The largest absolute Gasteiger partial charge is 0.494 e. The van der Waals surface area contributed by atoms with Crippen molar-refractivity contribution in [3.8, 4) is 5.75 Å². The molecule has 2 aromatic rings. The second-order valence-corrected chi connectivity index (χ2v) is 5.45. The van der Waals surface area contributed by atoms with Crippen LogP contribution in [0.25, 0.3) is 0 Å². The summed E-state index contributed by atoms with van der Waals surface area (Å²) < 4.78 is 18.3. The third-order valence-corrected chi connectivity index (χ3v) is 4.00. The molecule has 24 heavy (non-hydrogen) atoms. The minimum atomic E-state index is -0.407. The lowest BCUT2D eigenvalue weighted by Gasteiger charge is -2.36. The molecule has 1 aromatic carbocycles. The molecule has 0 aliphatic carbocycles. The van der Waals surface area contributed by atoms with E-state index in [9.17, 15) is 9.18 Å². The standard InChI is InChI=1S/C17H19FN4O2/c1-24-16-12-13(18)2-3-15(16)20-17(23)22-10-8-21(9-11-22)14-4-6-19-7-5-14/h2-7,12H,8-11H2,1H3,(H,20,23). The van der Waals surface area contributed by atoms with Crippen LogP contribution in [0.1, 0.15) is 0 Å². The minimum absolute atomic E-state index is 0.214. The zero-order chi connectivity index (χ0) is 16.9. The number of anilines is 2. The number of nitrogens with zero attached hydrogens (tertiary/aromatic N) is 3. The maximum Gasteiger partial charge on any atom is 0.322 e. The highest BCUT2D eigenvalue weighted by Crippen LogP contribution is 2.25. The Hall–Kier alpha value is -2.83. The molecule has 126 valence electrons. The Morgan fingerprint density at radius 3 is 2.54 bits per heavy atom. The Morgan fingerprint density at radius 1 is 1.17 bits per heavy atom. The number of halogens is 1. The number of aromatic nitrogens is 1.